The molecule has 0 aliphatic carbocycles. The van der Waals surface area contributed by atoms with Crippen LogP contribution in [0.2, 0.25) is 0 Å². The number of halogens is 2. The van der Waals surface area contributed by atoms with Crippen LogP contribution in [0.15, 0.2) is 0 Å². The molecule has 4 heavy (non-hydrogen) atoms. The fraction of sp³-hybridized carbons (Fsp3) is 1.00. The van der Waals surface area contributed by atoms with E-state index in [2.05, 4.69) is 29.5 Å². The molecule has 0 radical (unpaired) electrons. The second kappa shape index (κ2) is 8.99. The maximum absolute atomic E-state index is 2.29. The molecule has 0 bridgehead atoms. The molecule has 0 aromatic heterocycles. The van der Waals surface area contributed by atoms with Crippen molar-refractivity contribution in [1.29, 1.82) is 0 Å². The molecule has 0 aliphatic rings. The minimum atomic E-state index is 0. The zero-order chi connectivity index (χ0) is 2.71. The van der Waals surface area contributed by atoms with Crippen LogP contribution in [0.5, 0.6) is 0 Å². The van der Waals surface area contributed by atoms with Crippen LogP contribution in [0.25, 0.3) is 0 Å². The van der Waals surface area contributed by atoms with Crippen molar-refractivity contribution in [2.75, 3.05) is 4.43 Å². The summed E-state index contributed by atoms with van der Waals surface area (Å²) < 4.78 is 1.22. The van der Waals surface area contributed by atoms with Gasteiger partial charge in [-0.25, -0.2) is 0 Å². The number of rotatable bonds is 0. The fourth-order valence-electron chi connectivity index (χ4n) is 0. The first-order valence-electron chi connectivity index (χ1n) is 0.974. The molecule has 0 saturated heterocycles. The lowest BCUT2D eigenvalue weighted by atomic mass is 11.0. The molecule has 2 heteroatoms. The first-order chi connectivity index (χ1) is 1.41. The predicted octanol–water partition coefficient (Wildman–Crippen LogP) is 1.86. The maximum Gasteiger partial charge on any atom is -0.00332 e. The average Bonchev–Trinajstić information content (AvgIpc) is 0.918. The van der Waals surface area contributed by atoms with Crippen molar-refractivity contribution in [3.63, 3.8) is 0 Å². The monoisotopic (exact) mass is 192 g/mol. The lowest BCUT2D eigenvalue weighted by Gasteiger charge is -1.45. The Balaban J connectivity index is 0. The molecule has 0 spiro atoms. The Morgan fingerprint density at radius 3 is 1.75 bits per heavy atom. The second-order valence-corrected chi connectivity index (χ2v) is 1.79. The molecule has 0 rings (SSSR count). The van der Waals surface area contributed by atoms with E-state index in [0.717, 1.165) is 0 Å². The summed E-state index contributed by atoms with van der Waals surface area (Å²) >= 11 is 2.29. The molecule has 0 aromatic carbocycles. The van der Waals surface area contributed by atoms with Gasteiger partial charge in [-0.3, -0.25) is 0 Å². The molecule has 0 aromatic rings. The largest absolute Gasteiger partial charge is 0.147 e. The Morgan fingerprint density at radius 1 is 1.75 bits per heavy atom. The van der Waals surface area contributed by atoms with Gasteiger partial charge in [0, 0.05) is 0 Å². The summed E-state index contributed by atoms with van der Waals surface area (Å²) in [6.07, 6.45) is 0. The highest BCUT2D eigenvalue weighted by molar-refractivity contribution is 14.1. The second-order valence-electron chi connectivity index (χ2n) is 0.267. The van der Waals surface area contributed by atoms with Crippen LogP contribution in [0, 0.1) is 0 Å². The summed E-state index contributed by atoms with van der Waals surface area (Å²) in [6, 6.07) is 0. The summed E-state index contributed by atoms with van der Waals surface area (Å²) in [5.74, 6) is 0. The number of hydrogen-bond acceptors (Lipinski definition) is 0. The molecule has 0 N–H and O–H groups in total. The lowest BCUT2D eigenvalue weighted by molar-refractivity contribution is 1.58. The quantitative estimate of drug-likeness (QED) is 0.406. The van der Waals surface area contributed by atoms with Crippen molar-refractivity contribution in [3.05, 3.63) is 0 Å². The zero-order valence-corrected chi connectivity index (χ0v) is 5.47. The van der Waals surface area contributed by atoms with Gasteiger partial charge in [-0.1, -0.05) is 29.5 Å². The van der Waals surface area contributed by atoms with Gasteiger partial charge in [0.2, 0.25) is 0 Å². The van der Waals surface area contributed by atoms with E-state index >= 15 is 0 Å². The highest BCUT2D eigenvalue weighted by Crippen LogP contribution is 1.69. The summed E-state index contributed by atoms with van der Waals surface area (Å²) in [4.78, 5) is 0. The van der Waals surface area contributed by atoms with Gasteiger partial charge in [0.05, 0.1) is 0 Å². The molecule has 28 valence electrons. The van der Waals surface area contributed by atoms with Crippen molar-refractivity contribution in [2.24, 2.45) is 0 Å². The number of alkyl halides is 1. The van der Waals surface area contributed by atoms with Crippen LogP contribution >= 0.6 is 35.0 Å². The van der Waals surface area contributed by atoms with Crippen LogP contribution in [0.4, 0.5) is 0 Å². The molecule has 0 aliphatic heterocycles. The molecular weight excluding hydrogens is 186 g/mol. The van der Waals surface area contributed by atoms with Crippen molar-refractivity contribution in [2.45, 2.75) is 6.92 Å². The molecular formula is C2H6ClI. The molecule has 0 saturated carbocycles. The Hall–Kier alpha value is 1.02. The zero-order valence-electron chi connectivity index (χ0n) is 2.49. The van der Waals surface area contributed by atoms with Crippen molar-refractivity contribution in [1.82, 2.24) is 0 Å². The summed E-state index contributed by atoms with van der Waals surface area (Å²) in [5.41, 5.74) is 0. The normalized spacial score (nSPS) is 4.50. The van der Waals surface area contributed by atoms with Crippen molar-refractivity contribution < 1.29 is 0 Å². The standard InChI is InChI=1S/C2H5I.ClH/c1-2-3;/h2H2,1H3;1H. The van der Waals surface area contributed by atoms with Crippen molar-refractivity contribution in [3.8, 4) is 0 Å². The third-order valence-electron chi connectivity index (χ3n) is 0. The molecule has 0 atom stereocenters. The highest BCUT2D eigenvalue weighted by Gasteiger charge is 1.38. The van der Waals surface area contributed by atoms with Gasteiger partial charge in [-0.15, -0.1) is 12.4 Å². The van der Waals surface area contributed by atoms with Gasteiger partial charge in [0.25, 0.3) is 0 Å². The molecule has 0 amide bonds. The van der Waals surface area contributed by atoms with E-state index in [1.165, 1.54) is 4.43 Å². The average molecular weight is 192 g/mol. The Labute approximate surface area is 46.5 Å². The lowest BCUT2D eigenvalue weighted by Crippen LogP contribution is -1.33. The van der Waals surface area contributed by atoms with E-state index in [1.54, 1.807) is 0 Å². The van der Waals surface area contributed by atoms with E-state index in [9.17, 15) is 0 Å². The highest BCUT2D eigenvalue weighted by atomic mass is 127. The molecule has 0 fully saturated rings. The van der Waals surface area contributed by atoms with Gasteiger partial charge in [0.15, 0.2) is 0 Å². The van der Waals surface area contributed by atoms with Crippen LogP contribution in [0.3, 0.4) is 0 Å². The smallest absolute Gasteiger partial charge is 0.00332 e. The number of hydrogen-bond donors (Lipinski definition) is 0. The van der Waals surface area contributed by atoms with Gasteiger partial charge in [-0.05, 0) is 4.43 Å². The first-order valence-corrected chi connectivity index (χ1v) is 2.50. The van der Waals surface area contributed by atoms with E-state index in [1.807, 2.05) is 0 Å². The first kappa shape index (κ1) is 8.89. The Morgan fingerprint density at radius 2 is 1.75 bits per heavy atom. The van der Waals surface area contributed by atoms with Gasteiger partial charge in [0.1, 0.15) is 0 Å². The van der Waals surface area contributed by atoms with Gasteiger partial charge >= 0.3 is 0 Å². The van der Waals surface area contributed by atoms with Gasteiger partial charge in [-0.2, -0.15) is 0 Å². The maximum atomic E-state index is 2.29. The molecule has 0 nitrogen and oxygen atoms in total. The van der Waals surface area contributed by atoms with Crippen LogP contribution in [-0.2, 0) is 0 Å². The van der Waals surface area contributed by atoms with Crippen LogP contribution in [-0.4, -0.2) is 4.43 Å². The molecule has 0 heterocycles. The molecule has 0 unspecified atom stereocenters. The Bertz CT molecular complexity index is 6.00. The summed E-state index contributed by atoms with van der Waals surface area (Å²) in [5, 5.41) is 0. The van der Waals surface area contributed by atoms with E-state index in [4.69, 9.17) is 0 Å². The van der Waals surface area contributed by atoms with Gasteiger partial charge < -0.3 is 0 Å². The minimum absolute atomic E-state index is 0. The predicted molar refractivity (Wildman–Crippen MR) is 31.8 cm³/mol. The topological polar surface area (TPSA) is 0 Å². The summed E-state index contributed by atoms with van der Waals surface area (Å²) in [7, 11) is 0. The van der Waals surface area contributed by atoms with E-state index in [-0.39, 0.29) is 12.4 Å². The summed E-state index contributed by atoms with van der Waals surface area (Å²) in [6.45, 7) is 2.11. The third-order valence-corrected chi connectivity index (χ3v) is 0. The Kier molecular flexibility index (Phi) is 20.0. The van der Waals surface area contributed by atoms with Crippen LogP contribution in [0.1, 0.15) is 6.92 Å². The van der Waals surface area contributed by atoms with E-state index < -0.39 is 0 Å². The van der Waals surface area contributed by atoms with E-state index in [0.29, 0.717) is 0 Å². The fourth-order valence-corrected chi connectivity index (χ4v) is 0. The van der Waals surface area contributed by atoms with Crippen LogP contribution < -0.4 is 0 Å². The van der Waals surface area contributed by atoms with Crippen molar-refractivity contribution >= 4 is 35.0 Å². The SMILES string of the molecule is CCI.Cl. The minimum Gasteiger partial charge on any atom is -0.147 e. The third kappa shape index (κ3) is 11.8.